The summed E-state index contributed by atoms with van der Waals surface area (Å²) in [5.74, 6) is 0. The molecule has 0 aromatic heterocycles. The van der Waals surface area contributed by atoms with Crippen LogP contribution in [0.3, 0.4) is 0 Å². The Morgan fingerprint density at radius 2 is 1.67 bits per heavy atom. The Morgan fingerprint density at radius 3 is 2.33 bits per heavy atom. The number of hydrogen-bond acceptors (Lipinski definition) is 2. The van der Waals surface area contributed by atoms with Gasteiger partial charge in [-0.1, -0.05) is 29.3 Å². The molecule has 0 radical (unpaired) electrons. The van der Waals surface area contributed by atoms with E-state index in [4.69, 9.17) is 28.9 Å². The lowest BCUT2D eigenvalue weighted by atomic mass is 10.1. The van der Waals surface area contributed by atoms with E-state index in [-0.39, 0.29) is 0 Å². The number of benzene rings is 2. The van der Waals surface area contributed by atoms with Crippen LogP contribution in [0, 0.1) is 13.8 Å². The Balaban J connectivity index is 2.37. The number of anilines is 3. The summed E-state index contributed by atoms with van der Waals surface area (Å²) in [5, 5.41) is 4.49. The summed E-state index contributed by atoms with van der Waals surface area (Å²) < 4.78 is 0. The normalized spacial score (nSPS) is 10.4. The zero-order chi connectivity index (χ0) is 13.3. The van der Waals surface area contributed by atoms with Gasteiger partial charge >= 0.3 is 0 Å². The van der Waals surface area contributed by atoms with Gasteiger partial charge in [-0.3, -0.25) is 0 Å². The summed E-state index contributed by atoms with van der Waals surface area (Å²) in [5.41, 5.74) is 10.3. The SMILES string of the molecule is Cc1ccc(Nc2cc(Cl)c(C)cc2Cl)c(N)c1. The number of aryl methyl sites for hydroxylation is 2. The summed E-state index contributed by atoms with van der Waals surface area (Å²) in [6.07, 6.45) is 0. The minimum Gasteiger partial charge on any atom is -0.397 e. The van der Waals surface area contributed by atoms with Crippen LogP contribution in [-0.2, 0) is 0 Å². The number of nitrogens with one attached hydrogen (secondary N) is 1. The number of halogens is 2. The molecule has 0 spiro atoms. The van der Waals surface area contributed by atoms with Crippen molar-refractivity contribution in [1.82, 2.24) is 0 Å². The Bertz CT molecular complexity index is 595. The summed E-state index contributed by atoms with van der Waals surface area (Å²) >= 11 is 12.3. The third kappa shape index (κ3) is 2.71. The molecule has 2 rings (SSSR count). The van der Waals surface area contributed by atoms with Gasteiger partial charge in [-0.05, 0) is 49.2 Å². The fourth-order valence-corrected chi connectivity index (χ4v) is 2.11. The van der Waals surface area contributed by atoms with Gasteiger partial charge in [0.25, 0.3) is 0 Å². The molecular formula is C14H14Cl2N2. The molecule has 0 saturated heterocycles. The van der Waals surface area contributed by atoms with Crippen molar-refractivity contribution < 1.29 is 0 Å². The van der Waals surface area contributed by atoms with Gasteiger partial charge in [0, 0.05) is 5.02 Å². The lowest BCUT2D eigenvalue weighted by Crippen LogP contribution is -1.97. The van der Waals surface area contributed by atoms with Gasteiger partial charge in [0.1, 0.15) is 0 Å². The molecule has 94 valence electrons. The molecule has 0 aliphatic heterocycles. The minimum atomic E-state index is 0.622. The second-order valence-electron chi connectivity index (χ2n) is 4.30. The Labute approximate surface area is 117 Å². The molecule has 18 heavy (non-hydrogen) atoms. The maximum Gasteiger partial charge on any atom is 0.0644 e. The lowest BCUT2D eigenvalue weighted by molar-refractivity contribution is 1.43. The predicted molar refractivity (Wildman–Crippen MR) is 80.1 cm³/mol. The van der Waals surface area contributed by atoms with Crippen molar-refractivity contribution in [2.24, 2.45) is 0 Å². The van der Waals surface area contributed by atoms with E-state index in [1.807, 2.05) is 38.1 Å². The molecule has 0 unspecified atom stereocenters. The van der Waals surface area contributed by atoms with Crippen LogP contribution in [0.5, 0.6) is 0 Å². The van der Waals surface area contributed by atoms with Gasteiger partial charge < -0.3 is 11.1 Å². The van der Waals surface area contributed by atoms with Crippen LogP contribution in [0.1, 0.15) is 11.1 Å². The summed E-state index contributed by atoms with van der Waals surface area (Å²) in [4.78, 5) is 0. The molecule has 0 fully saturated rings. The molecule has 4 heteroatoms. The van der Waals surface area contributed by atoms with Crippen molar-refractivity contribution in [3.05, 3.63) is 51.5 Å². The maximum absolute atomic E-state index is 6.17. The zero-order valence-electron chi connectivity index (χ0n) is 10.2. The molecule has 0 saturated carbocycles. The molecule has 3 N–H and O–H groups in total. The van der Waals surface area contributed by atoms with E-state index in [1.165, 1.54) is 0 Å². The predicted octanol–water partition coefficient (Wildman–Crippen LogP) is 4.94. The van der Waals surface area contributed by atoms with E-state index in [1.54, 1.807) is 6.07 Å². The Morgan fingerprint density at radius 1 is 0.944 bits per heavy atom. The van der Waals surface area contributed by atoms with Gasteiger partial charge in [0.2, 0.25) is 0 Å². The van der Waals surface area contributed by atoms with Crippen molar-refractivity contribution in [3.63, 3.8) is 0 Å². The van der Waals surface area contributed by atoms with Crippen molar-refractivity contribution >= 4 is 40.3 Å². The first kappa shape index (κ1) is 13.1. The Kier molecular flexibility index (Phi) is 3.69. The van der Waals surface area contributed by atoms with Gasteiger partial charge in [0.15, 0.2) is 0 Å². The molecule has 0 amide bonds. The zero-order valence-corrected chi connectivity index (χ0v) is 11.7. The van der Waals surface area contributed by atoms with Gasteiger partial charge in [-0.15, -0.1) is 0 Å². The highest BCUT2D eigenvalue weighted by Crippen LogP contribution is 2.32. The summed E-state index contributed by atoms with van der Waals surface area (Å²) in [7, 11) is 0. The van der Waals surface area contributed by atoms with E-state index in [2.05, 4.69) is 5.32 Å². The highest BCUT2D eigenvalue weighted by Gasteiger charge is 2.06. The van der Waals surface area contributed by atoms with Crippen LogP contribution in [0.2, 0.25) is 10.0 Å². The van der Waals surface area contributed by atoms with E-state index in [0.29, 0.717) is 15.7 Å². The standard InChI is InChI=1S/C14H14Cl2N2/c1-8-3-4-13(12(17)5-8)18-14-7-10(15)9(2)6-11(14)16/h3-7,18H,17H2,1-2H3. The quantitative estimate of drug-likeness (QED) is 0.765. The van der Waals surface area contributed by atoms with E-state index < -0.39 is 0 Å². The number of nitrogen functional groups attached to an aromatic ring is 1. The molecule has 2 aromatic rings. The monoisotopic (exact) mass is 280 g/mol. The highest BCUT2D eigenvalue weighted by atomic mass is 35.5. The molecule has 2 aromatic carbocycles. The molecule has 0 aliphatic rings. The first-order valence-electron chi connectivity index (χ1n) is 5.56. The first-order valence-corrected chi connectivity index (χ1v) is 6.32. The van der Waals surface area contributed by atoms with Gasteiger partial charge in [0.05, 0.1) is 22.1 Å². The lowest BCUT2D eigenvalue weighted by Gasteiger charge is -2.12. The van der Waals surface area contributed by atoms with Crippen molar-refractivity contribution in [1.29, 1.82) is 0 Å². The molecule has 2 nitrogen and oxygen atoms in total. The Hall–Kier alpha value is -1.38. The fourth-order valence-electron chi connectivity index (χ4n) is 1.68. The van der Waals surface area contributed by atoms with E-state index in [0.717, 1.165) is 22.5 Å². The maximum atomic E-state index is 6.17. The largest absolute Gasteiger partial charge is 0.397 e. The smallest absolute Gasteiger partial charge is 0.0644 e. The van der Waals surface area contributed by atoms with Crippen LogP contribution in [0.25, 0.3) is 0 Å². The van der Waals surface area contributed by atoms with Crippen molar-refractivity contribution in [2.75, 3.05) is 11.1 Å². The van der Waals surface area contributed by atoms with E-state index in [9.17, 15) is 0 Å². The van der Waals surface area contributed by atoms with Crippen LogP contribution in [-0.4, -0.2) is 0 Å². The molecule has 0 bridgehead atoms. The second kappa shape index (κ2) is 5.09. The van der Waals surface area contributed by atoms with Crippen LogP contribution < -0.4 is 11.1 Å². The van der Waals surface area contributed by atoms with Gasteiger partial charge in [-0.25, -0.2) is 0 Å². The average Bonchev–Trinajstić information content (AvgIpc) is 2.29. The number of nitrogens with two attached hydrogens (primary N) is 1. The van der Waals surface area contributed by atoms with Gasteiger partial charge in [-0.2, -0.15) is 0 Å². The highest BCUT2D eigenvalue weighted by molar-refractivity contribution is 6.35. The number of hydrogen-bond donors (Lipinski definition) is 2. The number of rotatable bonds is 2. The topological polar surface area (TPSA) is 38.0 Å². The van der Waals surface area contributed by atoms with Crippen LogP contribution in [0.4, 0.5) is 17.1 Å². The van der Waals surface area contributed by atoms with Crippen molar-refractivity contribution in [2.45, 2.75) is 13.8 Å². The molecule has 0 heterocycles. The summed E-state index contributed by atoms with van der Waals surface area (Å²) in [6, 6.07) is 9.46. The third-order valence-electron chi connectivity index (χ3n) is 2.72. The van der Waals surface area contributed by atoms with Crippen LogP contribution in [0.15, 0.2) is 30.3 Å². The van der Waals surface area contributed by atoms with Crippen LogP contribution >= 0.6 is 23.2 Å². The minimum absolute atomic E-state index is 0.622. The molecule has 0 aliphatic carbocycles. The summed E-state index contributed by atoms with van der Waals surface area (Å²) in [6.45, 7) is 3.91. The van der Waals surface area contributed by atoms with E-state index >= 15 is 0 Å². The average molecular weight is 281 g/mol. The second-order valence-corrected chi connectivity index (χ2v) is 5.11. The first-order chi connectivity index (χ1) is 8.47. The molecular weight excluding hydrogens is 267 g/mol. The van der Waals surface area contributed by atoms with Crippen molar-refractivity contribution in [3.8, 4) is 0 Å². The third-order valence-corrected chi connectivity index (χ3v) is 3.44. The molecule has 0 atom stereocenters. The fraction of sp³-hybridized carbons (Fsp3) is 0.143.